The van der Waals surface area contributed by atoms with E-state index in [2.05, 4.69) is 25.8 Å². The van der Waals surface area contributed by atoms with Gasteiger partial charge in [0.25, 0.3) is 5.91 Å². The lowest BCUT2D eigenvalue weighted by Gasteiger charge is -2.07. The number of carbonyl (C=O) groups is 2. The van der Waals surface area contributed by atoms with Gasteiger partial charge in [-0.2, -0.15) is 10.4 Å². The molecule has 0 bridgehead atoms. The molecule has 2 aromatic carbocycles. The topological polar surface area (TPSA) is 124 Å². The summed E-state index contributed by atoms with van der Waals surface area (Å²) in [4.78, 5) is 29.1. The highest BCUT2D eigenvalue weighted by atomic mass is 16.2. The molecule has 1 aliphatic carbocycles. The second-order valence-corrected chi connectivity index (χ2v) is 7.70. The van der Waals surface area contributed by atoms with E-state index >= 15 is 0 Å². The molecule has 0 radical (unpaired) electrons. The second kappa shape index (κ2) is 7.96. The summed E-state index contributed by atoms with van der Waals surface area (Å²) >= 11 is 0. The van der Waals surface area contributed by atoms with Crippen LogP contribution in [0.15, 0.2) is 60.9 Å². The van der Waals surface area contributed by atoms with Crippen molar-refractivity contribution < 1.29 is 9.59 Å². The number of nitrogens with zero attached hydrogens (tertiary/aromatic N) is 3. The first-order valence-electron chi connectivity index (χ1n) is 10.2. The van der Waals surface area contributed by atoms with Crippen molar-refractivity contribution in [3.8, 4) is 17.2 Å². The van der Waals surface area contributed by atoms with Crippen LogP contribution in [0.25, 0.3) is 22.0 Å². The number of anilines is 2. The van der Waals surface area contributed by atoms with Crippen LogP contribution in [0.2, 0.25) is 0 Å². The van der Waals surface area contributed by atoms with Crippen molar-refractivity contribution in [3.63, 3.8) is 0 Å². The molecule has 8 heteroatoms. The van der Waals surface area contributed by atoms with E-state index in [9.17, 15) is 9.59 Å². The summed E-state index contributed by atoms with van der Waals surface area (Å²) in [7, 11) is 0. The molecule has 32 heavy (non-hydrogen) atoms. The van der Waals surface area contributed by atoms with Gasteiger partial charge in [-0.15, -0.1) is 0 Å². The number of hydrogen-bond donors (Lipinski definition) is 3. The monoisotopic (exact) mass is 422 g/mol. The van der Waals surface area contributed by atoms with E-state index in [0.717, 1.165) is 29.5 Å². The van der Waals surface area contributed by atoms with Crippen LogP contribution in [0.3, 0.4) is 0 Å². The van der Waals surface area contributed by atoms with Gasteiger partial charge in [0.05, 0.1) is 29.0 Å². The number of amides is 2. The lowest BCUT2D eigenvalue weighted by molar-refractivity contribution is -0.117. The maximum absolute atomic E-state index is 12.8. The van der Waals surface area contributed by atoms with E-state index in [0.29, 0.717) is 22.3 Å². The zero-order valence-corrected chi connectivity index (χ0v) is 16.9. The molecule has 2 heterocycles. The molecule has 156 valence electrons. The minimum absolute atomic E-state index is 0.0241. The van der Waals surface area contributed by atoms with Gasteiger partial charge >= 0.3 is 0 Å². The number of H-pyrrole nitrogens is 1. The molecule has 1 saturated carbocycles. The normalized spacial score (nSPS) is 12.8. The average Bonchev–Trinajstić information content (AvgIpc) is 3.59. The summed E-state index contributed by atoms with van der Waals surface area (Å²) in [6.07, 6.45) is 5.20. The van der Waals surface area contributed by atoms with E-state index in [1.54, 1.807) is 36.7 Å². The predicted octanol–water partition coefficient (Wildman–Crippen LogP) is 4.10. The van der Waals surface area contributed by atoms with Crippen molar-refractivity contribution in [2.45, 2.75) is 12.8 Å². The Morgan fingerprint density at radius 1 is 0.969 bits per heavy atom. The largest absolute Gasteiger partial charge is 0.324 e. The van der Waals surface area contributed by atoms with Gasteiger partial charge in [-0.25, -0.2) is 0 Å². The Hall–Kier alpha value is -4.51. The fraction of sp³-hybridized carbons (Fsp3) is 0.125. The summed E-state index contributed by atoms with van der Waals surface area (Å²) in [5.41, 5.74) is 4.39. The molecule has 2 aromatic heterocycles. The van der Waals surface area contributed by atoms with Crippen LogP contribution in [-0.2, 0) is 4.79 Å². The molecular formula is C24H18N6O2. The first-order valence-corrected chi connectivity index (χ1v) is 10.2. The van der Waals surface area contributed by atoms with Crippen molar-refractivity contribution in [2.75, 3.05) is 10.6 Å². The quantitative estimate of drug-likeness (QED) is 0.447. The first-order chi connectivity index (χ1) is 15.6. The highest BCUT2D eigenvalue weighted by molar-refractivity contribution is 6.11. The molecule has 0 atom stereocenters. The average molecular weight is 422 g/mol. The fourth-order valence-corrected chi connectivity index (χ4v) is 3.44. The summed E-state index contributed by atoms with van der Waals surface area (Å²) in [6.45, 7) is 0. The summed E-state index contributed by atoms with van der Waals surface area (Å²) in [5.74, 6) is -0.226. The molecule has 0 saturated heterocycles. The number of nitriles is 1. The van der Waals surface area contributed by atoms with Gasteiger partial charge in [0.2, 0.25) is 5.91 Å². The van der Waals surface area contributed by atoms with Gasteiger partial charge in [0.1, 0.15) is 0 Å². The van der Waals surface area contributed by atoms with Crippen molar-refractivity contribution in [3.05, 3.63) is 72.2 Å². The van der Waals surface area contributed by atoms with Crippen molar-refractivity contribution in [2.24, 2.45) is 5.92 Å². The molecular weight excluding hydrogens is 404 g/mol. The van der Waals surface area contributed by atoms with Gasteiger partial charge in [-0.1, -0.05) is 6.07 Å². The number of nitrogens with one attached hydrogen (secondary N) is 3. The lowest BCUT2D eigenvalue weighted by Crippen LogP contribution is -2.13. The number of carbonyl (C=O) groups excluding carboxylic acids is 2. The van der Waals surface area contributed by atoms with Crippen LogP contribution in [0.4, 0.5) is 11.4 Å². The van der Waals surface area contributed by atoms with Crippen LogP contribution >= 0.6 is 0 Å². The number of aromatic nitrogens is 3. The van der Waals surface area contributed by atoms with Gasteiger partial charge in [0.15, 0.2) is 5.69 Å². The first kappa shape index (κ1) is 19.5. The highest BCUT2D eigenvalue weighted by Gasteiger charge is 2.29. The third-order valence-electron chi connectivity index (χ3n) is 5.34. The van der Waals surface area contributed by atoms with E-state index in [1.807, 2.05) is 30.3 Å². The fourth-order valence-electron chi connectivity index (χ4n) is 3.44. The third-order valence-corrected chi connectivity index (χ3v) is 5.34. The molecule has 1 fully saturated rings. The summed E-state index contributed by atoms with van der Waals surface area (Å²) < 4.78 is 0. The number of benzene rings is 2. The Morgan fingerprint density at radius 3 is 2.53 bits per heavy atom. The maximum atomic E-state index is 12.8. The number of hydrogen-bond acceptors (Lipinski definition) is 5. The van der Waals surface area contributed by atoms with Crippen LogP contribution in [0.5, 0.6) is 0 Å². The number of pyridine rings is 1. The Kier molecular flexibility index (Phi) is 4.84. The van der Waals surface area contributed by atoms with E-state index in [-0.39, 0.29) is 23.4 Å². The van der Waals surface area contributed by atoms with E-state index in [4.69, 9.17) is 5.26 Å². The van der Waals surface area contributed by atoms with Crippen LogP contribution in [0.1, 0.15) is 28.9 Å². The summed E-state index contributed by atoms with van der Waals surface area (Å²) in [5, 5.41) is 22.4. The zero-order chi connectivity index (χ0) is 22.1. The standard InChI is InChI=1S/C24H18N6O2/c25-11-14-1-6-18(7-2-14)27-24(32)22-20-10-16(5-8-21(20)29-30-22)17-9-19(13-26-12-17)28-23(31)15-3-4-15/h1-2,5-10,12-13,15H,3-4H2,(H,27,32)(H,28,31)(H,29,30). The van der Waals surface area contributed by atoms with E-state index < -0.39 is 0 Å². The smallest absolute Gasteiger partial charge is 0.276 e. The molecule has 5 rings (SSSR count). The molecule has 0 unspecified atom stereocenters. The number of rotatable bonds is 5. The molecule has 0 spiro atoms. The SMILES string of the molecule is N#Cc1ccc(NC(=O)c2n[nH]c3ccc(-c4cncc(NC(=O)C5CC5)c4)cc23)cc1. The van der Waals surface area contributed by atoms with Gasteiger partial charge in [-0.05, 0) is 60.9 Å². The Morgan fingerprint density at radius 2 is 1.78 bits per heavy atom. The van der Waals surface area contributed by atoms with Crippen molar-refractivity contribution >= 4 is 34.1 Å². The Balaban J connectivity index is 1.41. The van der Waals surface area contributed by atoms with Crippen molar-refractivity contribution in [1.29, 1.82) is 5.26 Å². The predicted molar refractivity (Wildman–Crippen MR) is 120 cm³/mol. The number of aromatic amines is 1. The maximum Gasteiger partial charge on any atom is 0.276 e. The van der Waals surface area contributed by atoms with Crippen LogP contribution < -0.4 is 10.6 Å². The minimum Gasteiger partial charge on any atom is -0.324 e. The van der Waals surface area contributed by atoms with Gasteiger partial charge in [0, 0.05) is 28.8 Å². The van der Waals surface area contributed by atoms with Crippen LogP contribution in [0, 0.1) is 17.2 Å². The molecule has 0 aliphatic heterocycles. The Bertz CT molecular complexity index is 1380. The highest BCUT2D eigenvalue weighted by Crippen LogP contribution is 2.31. The van der Waals surface area contributed by atoms with Crippen LogP contribution in [-0.4, -0.2) is 27.0 Å². The third kappa shape index (κ3) is 3.91. The minimum atomic E-state index is -0.360. The molecule has 8 nitrogen and oxygen atoms in total. The van der Waals surface area contributed by atoms with Gasteiger partial charge in [-0.3, -0.25) is 19.7 Å². The van der Waals surface area contributed by atoms with Gasteiger partial charge < -0.3 is 10.6 Å². The molecule has 4 aromatic rings. The van der Waals surface area contributed by atoms with E-state index in [1.165, 1.54) is 0 Å². The molecule has 1 aliphatic rings. The summed E-state index contributed by atoms with van der Waals surface area (Å²) in [6, 6.07) is 16.2. The lowest BCUT2D eigenvalue weighted by atomic mass is 10.0. The van der Waals surface area contributed by atoms with Crippen molar-refractivity contribution in [1.82, 2.24) is 15.2 Å². The Labute approximate surface area is 183 Å². The number of fused-ring (bicyclic) bond motifs is 1. The second-order valence-electron chi connectivity index (χ2n) is 7.70. The molecule has 2 amide bonds. The molecule has 3 N–H and O–H groups in total. The zero-order valence-electron chi connectivity index (χ0n) is 16.9.